The smallest absolute Gasteiger partial charge is 0.387 e. The Labute approximate surface area is 402 Å². The molecule has 0 radical (unpaired) electrons. The van der Waals surface area contributed by atoms with Crippen LogP contribution in [0.25, 0.3) is 0 Å². The summed E-state index contributed by atoms with van der Waals surface area (Å²) in [4.78, 5) is 23.2. The molecule has 0 aliphatic carbocycles. The molecule has 3 N–H and O–H groups in total. The molecule has 3 atom stereocenters. The molecule has 1 amide bonds. The predicted octanol–water partition coefficient (Wildman–Crippen LogP) is 15.9. The van der Waals surface area contributed by atoms with E-state index in [9.17, 15) is 19.4 Å². The molecule has 0 aromatic carbocycles. The molecule has 0 aliphatic heterocycles. The molecule has 0 bridgehead atoms. The zero-order valence-electron chi connectivity index (χ0n) is 43.0. The number of quaternary nitrogens is 1. The highest BCUT2D eigenvalue weighted by Crippen LogP contribution is 2.43. The molecular formula is C56H104N2O6P+. The van der Waals surface area contributed by atoms with Gasteiger partial charge in [0, 0.05) is 6.42 Å². The fourth-order valence-electron chi connectivity index (χ4n) is 7.37. The van der Waals surface area contributed by atoms with Crippen LogP contribution >= 0.6 is 7.82 Å². The van der Waals surface area contributed by atoms with Crippen LogP contribution in [0.4, 0.5) is 0 Å². The summed E-state index contributed by atoms with van der Waals surface area (Å²) in [5, 5.41) is 13.9. The van der Waals surface area contributed by atoms with Gasteiger partial charge >= 0.3 is 7.82 Å². The Morgan fingerprint density at radius 3 is 1.34 bits per heavy atom. The number of allylic oxidation sites excluding steroid dienone is 11. The fourth-order valence-corrected chi connectivity index (χ4v) is 8.11. The fraction of sp³-hybridized carbons (Fsp3) is 0.768. The number of likely N-dealkylation sites (N-methyl/N-ethyl adjacent to an activating group) is 1. The average Bonchev–Trinajstić information content (AvgIpc) is 3.26. The lowest BCUT2D eigenvalue weighted by Gasteiger charge is -2.25. The number of phosphoric ester groups is 1. The van der Waals surface area contributed by atoms with E-state index < -0.39 is 20.0 Å². The molecule has 378 valence electrons. The maximum absolute atomic E-state index is 12.9. The van der Waals surface area contributed by atoms with Crippen molar-refractivity contribution in [1.82, 2.24) is 5.32 Å². The van der Waals surface area contributed by atoms with Crippen molar-refractivity contribution >= 4 is 13.7 Å². The van der Waals surface area contributed by atoms with E-state index in [1.54, 1.807) is 6.08 Å². The summed E-state index contributed by atoms with van der Waals surface area (Å²) < 4.78 is 23.6. The number of aliphatic hydroxyl groups excluding tert-OH is 1. The van der Waals surface area contributed by atoms with Crippen LogP contribution in [0.2, 0.25) is 0 Å². The van der Waals surface area contributed by atoms with E-state index in [1.165, 1.54) is 141 Å². The van der Waals surface area contributed by atoms with Crippen LogP contribution in [-0.2, 0) is 18.4 Å². The highest BCUT2D eigenvalue weighted by Gasteiger charge is 2.27. The summed E-state index contributed by atoms with van der Waals surface area (Å²) >= 11 is 0. The van der Waals surface area contributed by atoms with E-state index in [0.717, 1.165) is 64.2 Å². The van der Waals surface area contributed by atoms with E-state index in [-0.39, 0.29) is 19.1 Å². The molecule has 0 saturated carbocycles. The minimum atomic E-state index is -4.36. The second kappa shape index (κ2) is 47.0. The van der Waals surface area contributed by atoms with Crippen molar-refractivity contribution < 1.29 is 32.9 Å². The number of nitrogens with one attached hydrogen (secondary N) is 1. The van der Waals surface area contributed by atoms with Gasteiger partial charge in [-0.1, -0.05) is 209 Å². The number of hydrogen-bond donors (Lipinski definition) is 3. The first kappa shape index (κ1) is 62.9. The third-order valence-corrected chi connectivity index (χ3v) is 12.6. The van der Waals surface area contributed by atoms with E-state index >= 15 is 0 Å². The number of nitrogens with zero attached hydrogens (tertiary/aromatic N) is 1. The van der Waals surface area contributed by atoms with Crippen LogP contribution in [0.3, 0.4) is 0 Å². The van der Waals surface area contributed by atoms with Crippen LogP contribution in [0.15, 0.2) is 72.9 Å². The summed E-state index contributed by atoms with van der Waals surface area (Å²) in [5.41, 5.74) is 0. The highest BCUT2D eigenvalue weighted by atomic mass is 31.2. The van der Waals surface area contributed by atoms with Gasteiger partial charge in [0.25, 0.3) is 0 Å². The normalized spacial score (nSPS) is 14.6. The topological polar surface area (TPSA) is 105 Å². The molecule has 0 aromatic rings. The Balaban J connectivity index is 4.38. The van der Waals surface area contributed by atoms with Crippen LogP contribution < -0.4 is 5.32 Å². The molecule has 0 saturated heterocycles. The van der Waals surface area contributed by atoms with Crippen molar-refractivity contribution in [3.8, 4) is 0 Å². The average molecular weight is 932 g/mol. The standard InChI is InChI=1S/C56H103N2O6P/c1-6-8-10-12-14-16-18-20-22-24-26-28-29-30-32-34-36-38-40-42-44-46-48-50-56(60)57-54(53-64-65(61,62)63-52-51-58(3,4)5)55(59)49-47-45-43-41-39-37-35-33-31-27-25-23-21-19-17-15-13-11-9-7-2/h18,20,24,26,29-31,33,39,41,47,49,54-55,59H,6-17,19,21-23,25,27-28,32,34-38,40,42-46,48,50-53H2,1-5H3,(H-,57,60,61,62)/p+1/b20-18-,26-24-,30-29-,33-31+,41-39+,49-47+. The molecular weight excluding hydrogens is 828 g/mol. The molecule has 0 aliphatic rings. The van der Waals surface area contributed by atoms with Crippen LogP contribution in [0, 0.1) is 0 Å². The number of hydrogen-bond acceptors (Lipinski definition) is 5. The number of unbranched alkanes of at least 4 members (excludes halogenated alkanes) is 25. The van der Waals surface area contributed by atoms with Gasteiger partial charge in [0.05, 0.1) is 39.9 Å². The predicted molar refractivity (Wildman–Crippen MR) is 281 cm³/mol. The Bertz CT molecular complexity index is 1290. The van der Waals surface area contributed by atoms with Gasteiger partial charge in [-0.05, 0) is 83.5 Å². The van der Waals surface area contributed by atoms with Gasteiger partial charge < -0.3 is 19.8 Å². The summed E-state index contributed by atoms with van der Waals surface area (Å²) in [6.45, 7) is 4.77. The van der Waals surface area contributed by atoms with Crippen molar-refractivity contribution in [1.29, 1.82) is 0 Å². The van der Waals surface area contributed by atoms with Crippen molar-refractivity contribution in [2.24, 2.45) is 0 Å². The molecule has 3 unspecified atom stereocenters. The lowest BCUT2D eigenvalue weighted by atomic mass is 10.1. The van der Waals surface area contributed by atoms with Gasteiger partial charge in [-0.15, -0.1) is 0 Å². The highest BCUT2D eigenvalue weighted by molar-refractivity contribution is 7.47. The number of aliphatic hydroxyl groups is 1. The molecule has 65 heavy (non-hydrogen) atoms. The minimum absolute atomic E-state index is 0.0489. The Kier molecular flexibility index (Phi) is 45.5. The van der Waals surface area contributed by atoms with Gasteiger partial charge in [-0.25, -0.2) is 4.57 Å². The van der Waals surface area contributed by atoms with E-state index in [1.807, 2.05) is 27.2 Å². The molecule has 0 aromatic heterocycles. The number of carbonyl (C=O) groups excluding carboxylic acids is 1. The summed E-state index contributed by atoms with van der Waals surface area (Å²) in [6, 6.07) is -0.878. The molecule has 8 nitrogen and oxygen atoms in total. The van der Waals surface area contributed by atoms with Gasteiger partial charge in [0.15, 0.2) is 0 Å². The van der Waals surface area contributed by atoms with E-state index in [4.69, 9.17) is 9.05 Å². The second-order valence-electron chi connectivity index (χ2n) is 19.2. The zero-order chi connectivity index (χ0) is 47.8. The van der Waals surface area contributed by atoms with Crippen molar-refractivity contribution in [2.45, 2.75) is 238 Å². The van der Waals surface area contributed by atoms with Gasteiger partial charge in [-0.3, -0.25) is 13.8 Å². The lowest BCUT2D eigenvalue weighted by molar-refractivity contribution is -0.870. The molecule has 0 rings (SSSR count). The van der Waals surface area contributed by atoms with E-state index in [2.05, 4.69) is 79.9 Å². The second-order valence-corrected chi connectivity index (χ2v) is 20.7. The quantitative estimate of drug-likeness (QED) is 0.0243. The summed E-state index contributed by atoms with van der Waals surface area (Å²) in [6.07, 6.45) is 64.2. The maximum Gasteiger partial charge on any atom is 0.472 e. The van der Waals surface area contributed by atoms with Crippen molar-refractivity contribution in [3.63, 3.8) is 0 Å². The van der Waals surface area contributed by atoms with Gasteiger partial charge in [0.1, 0.15) is 13.2 Å². The molecule has 0 spiro atoms. The number of rotatable bonds is 48. The van der Waals surface area contributed by atoms with Crippen LogP contribution in [-0.4, -0.2) is 73.4 Å². The molecule has 0 fully saturated rings. The maximum atomic E-state index is 12.9. The van der Waals surface area contributed by atoms with Gasteiger partial charge in [-0.2, -0.15) is 0 Å². The summed E-state index contributed by atoms with van der Waals surface area (Å²) in [7, 11) is 1.53. The van der Waals surface area contributed by atoms with Crippen LogP contribution in [0.1, 0.15) is 226 Å². The van der Waals surface area contributed by atoms with Gasteiger partial charge in [0.2, 0.25) is 5.91 Å². The first-order chi connectivity index (χ1) is 31.5. The van der Waals surface area contributed by atoms with E-state index in [0.29, 0.717) is 17.4 Å². The SMILES string of the molecule is CCCCCCC/C=C\C/C=C\C/C=C\CCCCCCCCCCC(=O)NC(COP(=O)(O)OCC[N+](C)(C)C)C(O)/C=C/CC/C=C/CC/C=C/CCCCCCCCCCCC. The first-order valence-corrected chi connectivity index (χ1v) is 28.3. The van der Waals surface area contributed by atoms with Crippen molar-refractivity contribution in [3.05, 3.63) is 72.9 Å². The number of carbonyl (C=O) groups is 1. The molecule has 0 heterocycles. The third-order valence-electron chi connectivity index (χ3n) is 11.6. The third kappa shape index (κ3) is 49.7. The largest absolute Gasteiger partial charge is 0.472 e. The Morgan fingerprint density at radius 1 is 0.523 bits per heavy atom. The lowest BCUT2D eigenvalue weighted by Crippen LogP contribution is -2.45. The Morgan fingerprint density at radius 2 is 0.892 bits per heavy atom. The van der Waals surface area contributed by atoms with Crippen molar-refractivity contribution in [2.75, 3.05) is 40.9 Å². The van der Waals surface area contributed by atoms with Crippen LogP contribution in [0.5, 0.6) is 0 Å². The molecule has 9 heteroatoms. The number of amides is 1. The summed E-state index contributed by atoms with van der Waals surface area (Å²) in [5.74, 6) is -0.200. The number of phosphoric acid groups is 1. The zero-order valence-corrected chi connectivity index (χ0v) is 43.9. The minimum Gasteiger partial charge on any atom is -0.387 e. The first-order valence-electron chi connectivity index (χ1n) is 26.8. The monoisotopic (exact) mass is 932 g/mol. The Hall–Kier alpha value is -2.06.